The lowest BCUT2D eigenvalue weighted by Gasteiger charge is -2.10. The summed E-state index contributed by atoms with van der Waals surface area (Å²) in [5.74, 6) is -0.887. The molecule has 3 nitrogen and oxygen atoms in total. The van der Waals surface area contributed by atoms with Crippen LogP contribution in [0.5, 0.6) is 0 Å². The summed E-state index contributed by atoms with van der Waals surface area (Å²) >= 11 is 0. The third-order valence-corrected chi connectivity index (χ3v) is 3.79. The number of rotatable bonds is 2. The molecular formula is C17H14FNO2. The summed E-state index contributed by atoms with van der Waals surface area (Å²) in [4.78, 5) is 25.6. The van der Waals surface area contributed by atoms with Gasteiger partial charge < -0.3 is 4.90 Å². The number of aryl methyl sites for hydroxylation is 1. The summed E-state index contributed by atoms with van der Waals surface area (Å²) in [5.41, 5.74) is 2.84. The van der Waals surface area contributed by atoms with Crippen LogP contribution in [0.15, 0.2) is 36.4 Å². The largest absolute Gasteiger partial charge is 0.315 e. The van der Waals surface area contributed by atoms with E-state index in [2.05, 4.69) is 0 Å². The molecule has 1 aliphatic rings. The fourth-order valence-corrected chi connectivity index (χ4v) is 2.57. The van der Waals surface area contributed by atoms with Gasteiger partial charge >= 0.3 is 0 Å². The Morgan fingerprint density at radius 2 is 1.95 bits per heavy atom. The first-order valence-corrected chi connectivity index (χ1v) is 6.67. The number of carbonyl (C=O) groups is 2. The van der Waals surface area contributed by atoms with E-state index in [1.165, 1.54) is 12.1 Å². The van der Waals surface area contributed by atoms with Crippen molar-refractivity contribution in [1.29, 1.82) is 0 Å². The molecule has 21 heavy (non-hydrogen) atoms. The highest BCUT2D eigenvalue weighted by Gasteiger charge is 2.25. The van der Waals surface area contributed by atoms with Crippen molar-refractivity contribution < 1.29 is 14.0 Å². The van der Waals surface area contributed by atoms with E-state index in [1.807, 2.05) is 0 Å². The molecule has 0 saturated carbocycles. The molecule has 0 bridgehead atoms. The van der Waals surface area contributed by atoms with Crippen LogP contribution < -0.4 is 4.90 Å². The molecule has 1 aliphatic heterocycles. The highest BCUT2D eigenvalue weighted by molar-refractivity contribution is 6.10. The number of anilines is 1. The van der Waals surface area contributed by atoms with Crippen LogP contribution >= 0.6 is 0 Å². The lowest BCUT2D eigenvalue weighted by atomic mass is 9.99. The zero-order valence-corrected chi connectivity index (χ0v) is 11.8. The summed E-state index contributed by atoms with van der Waals surface area (Å²) in [6, 6.07) is 9.60. The summed E-state index contributed by atoms with van der Waals surface area (Å²) in [6.45, 7) is 1.77. The van der Waals surface area contributed by atoms with Gasteiger partial charge in [-0.3, -0.25) is 9.59 Å². The van der Waals surface area contributed by atoms with Gasteiger partial charge in [-0.1, -0.05) is 6.07 Å². The lowest BCUT2D eigenvalue weighted by Crippen LogP contribution is -2.20. The number of hydrogen-bond donors (Lipinski definition) is 0. The van der Waals surface area contributed by atoms with Gasteiger partial charge in [0.1, 0.15) is 5.82 Å². The van der Waals surface area contributed by atoms with E-state index < -0.39 is 5.82 Å². The van der Waals surface area contributed by atoms with Gasteiger partial charge in [0.05, 0.1) is 12.0 Å². The summed E-state index contributed by atoms with van der Waals surface area (Å²) in [5, 5.41) is 0. The van der Waals surface area contributed by atoms with Crippen molar-refractivity contribution in [3.63, 3.8) is 0 Å². The predicted molar refractivity (Wildman–Crippen MR) is 78.1 cm³/mol. The molecule has 2 aromatic carbocycles. The van der Waals surface area contributed by atoms with E-state index in [0.29, 0.717) is 5.56 Å². The van der Waals surface area contributed by atoms with E-state index in [4.69, 9.17) is 0 Å². The maximum atomic E-state index is 13.9. The number of nitrogens with zero attached hydrogens (tertiary/aromatic N) is 1. The highest BCUT2D eigenvalue weighted by atomic mass is 19.1. The van der Waals surface area contributed by atoms with Crippen LogP contribution in [0.2, 0.25) is 0 Å². The quantitative estimate of drug-likeness (QED) is 0.795. The van der Waals surface area contributed by atoms with Crippen LogP contribution in [0.4, 0.5) is 10.1 Å². The van der Waals surface area contributed by atoms with Crippen LogP contribution in [0.3, 0.4) is 0 Å². The predicted octanol–water partition coefficient (Wildman–Crippen LogP) is 2.88. The molecule has 0 saturated heterocycles. The van der Waals surface area contributed by atoms with Crippen LogP contribution in [0.25, 0.3) is 0 Å². The topological polar surface area (TPSA) is 37.4 Å². The Labute approximate surface area is 122 Å². The second-order valence-electron chi connectivity index (χ2n) is 5.29. The lowest BCUT2D eigenvalue weighted by molar-refractivity contribution is -0.117. The molecule has 0 fully saturated rings. The summed E-state index contributed by atoms with van der Waals surface area (Å²) in [7, 11) is 1.70. The third-order valence-electron chi connectivity index (χ3n) is 3.79. The minimum atomic E-state index is -0.520. The van der Waals surface area contributed by atoms with Gasteiger partial charge in [-0.25, -0.2) is 4.39 Å². The van der Waals surface area contributed by atoms with Crippen LogP contribution in [0.1, 0.15) is 27.0 Å². The second-order valence-corrected chi connectivity index (χ2v) is 5.29. The Morgan fingerprint density at radius 3 is 2.67 bits per heavy atom. The van der Waals surface area contributed by atoms with Crippen molar-refractivity contribution in [2.75, 3.05) is 11.9 Å². The summed E-state index contributed by atoms with van der Waals surface area (Å²) < 4.78 is 13.9. The Balaban J connectivity index is 2.00. The minimum Gasteiger partial charge on any atom is -0.315 e. The van der Waals surface area contributed by atoms with Gasteiger partial charge in [0, 0.05) is 18.3 Å². The van der Waals surface area contributed by atoms with Crippen molar-refractivity contribution in [3.05, 3.63) is 64.5 Å². The first-order valence-electron chi connectivity index (χ1n) is 6.67. The number of ketones is 1. The van der Waals surface area contributed by atoms with Crippen molar-refractivity contribution >= 4 is 17.4 Å². The number of hydrogen-bond acceptors (Lipinski definition) is 2. The fraction of sp³-hybridized carbons (Fsp3) is 0.176. The van der Waals surface area contributed by atoms with Gasteiger partial charge in [0.15, 0.2) is 5.78 Å². The molecule has 4 heteroatoms. The van der Waals surface area contributed by atoms with E-state index in [1.54, 1.807) is 43.1 Å². The Kier molecular flexibility index (Phi) is 3.09. The SMILES string of the molecule is Cc1ccc(C(=O)c2ccc3c(c2)CC(=O)N3C)c(F)c1. The summed E-state index contributed by atoms with van der Waals surface area (Å²) in [6.07, 6.45) is 0.281. The molecule has 0 unspecified atom stereocenters. The molecule has 0 aromatic heterocycles. The number of carbonyl (C=O) groups excluding carboxylic acids is 2. The molecular weight excluding hydrogens is 269 g/mol. The second kappa shape index (κ2) is 4.81. The van der Waals surface area contributed by atoms with Gasteiger partial charge in [-0.2, -0.15) is 0 Å². The van der Waals surface area contributed by atoms with Gasteiger partial charge in [-0.05, 0) is 48.4 Å². The average molecular weight is 283 g/mol. The molecule has 0 radical (unpaired) electrons. The molecule has 106 valence electrons. The van der Waals surface area contributed by atoms with E-state index in [-0.39, 0.29) is 23.7 Å². The maximum Gasteiger partial charge on any atom is 0.231 e. The molecule has 1 amide bonds. The first kappa shape index (κ1) is 13.5. The number of benzene rings is 2. The van der Waals surface area contributed by atoms with Gasteiger partial charge in [0.2, 0.25) is 5.91 Å². The van der Waals surface area contributed by atoms with E-state index in [9.17, 15) is 14.0 Å². The van der Waals surface area contributed by atoms with Crippen molar-refractivity contribution in [2.45, 2.75) is 13.3 Å². The van der Waals surface area contributed by atoms with Gasteiger partial charge in [0.25, 0.3) is 0 Å². The standard InChI is InChI=1S/C17H14FNO2/c1-10-3-5-13(14(18)7-10)17(21)11-4-6-15-12(8-11)9-16(20)19(15)2/h3-8H,9H2,1-2H3. The number of amides is 1. The number of halogens is 1. The van der Waals surface area contributed by atoms with E-state index in [0.717, 1.165) is 16.8 Å². The van der Waals surface area contributed by atoms with Gasteiger partial charge in [-0.15, -0.1) is 0 Å². The molecule has 0 spiro atoms. The normalized spacial score (nSPS) is 13.5. The smallest absolute Gasteiger partial charge is 0.231 e. The Bertz CT molecular complexity index is 767. The van der Waals surface area contributed by atoms with Crippen LogP contribution in [-0.4, -0.2) is 18.7 Å². The molecule has 1 heterocycles. The first-order chi connectivity index (χ1) is 9.97. The maximum absolute atomic E-state index is 13.9. The number of likely N-dealkylation sites (N-methyl/N-ethyl adjacent to an activating group) is 1. The van der Waals surface area contributed by atoms with Crippen LogP contribution in [-0.2, 0) is 11.2 Å². The zero-order chi connectivity index (χ0) is 15.1. The third kappa shape index (κ3) is 2.23. The monoisotopic (exact) mass is 283 g/mol. The minimum absolute atomic E-state index is 0.00360. The fourth-order valence-electron chi connectivity index (χ4n) is 2.57. The Hall–Kier alpha value is -2.49. The Morgan fingerprint density at radius 1 is 1.19 bits per heavy atom. The van der Waals surface area contributed by atoms with Crippen molar-refractivity contribution in [3.8, 4) is 0 Å². The highest BCUT2D eigenvalue weighted by Crippen LogP contribution is 2.29. The zero-order valence-electron chi connectivity index (χ0n) is 11.8. The molecule has 0 atom stereocenters. The molecule has 3 rings (SSSR count). The number of fused-ring (bicyclic) bond motifs is 1. The van der Waals surface area contributed by atoms with Crippen LogP contribution in [0, 0.1) is 12.7 Å². The van der Waals surface area contributed by atoms with E-state index >= 15 is 0 Å². The van der Waals surface area contributed by atoms with Crippen molar-refractivity contribution in [1.82, 2.24) is 0 Å². The van der Waals surface area contributed by atoms with Crippen molar-refractivity contribution in [2.24, 2.45) is 0 Å². The molecule has 0 aliphatic carbocycles. The average Bonchev–Trinajstić information content (AvgIpc) is 2.73. The molecule has 2 aromatic rings. The molecule has 0 N–H and O–H groups in total.